The Labute approximate surface area is 171 Å². The second-order valence-electron chi connectivity index (χ2n) is 7.12. The lowest BCUT2D eigenvalue weighted by atomic mass is 9.86. The predicted octanol–water partition coefficient (Wildman–Crippen LogP) is 3.65. The van der Waals surface area contributed by atoms with Gasteiger partial charge < -0.3 is 5.32 Å². The van der Waals surface area contributed by atoms with Crippen LogP contribution in [-0.4, -0.2) is 30.9 Å². The van der Waals surface area contributed by atoms with Gasteiger partial charge in [-0.05, 0) is 36.8 Å². The maximum Gasteiger partial charge on any atom is 0.272 e. The minimum absolute atomic E-state index is 0.0971. The van der Waals surface area contributed by atoms with Crippen molar-refractivity contribution in [1.82, 2.24) is 25.0 Å². The van der Waals surface area contributed by atoms with Crippen molar-refractivity contribution in [3.63, 3.8) is 0 Å². The van der Waals surface area contributed by atoms with Gasteiger partial charge in [0.1, 0.15) is 11.6 Å². The summed E-state index contributed by atoms with van der Waals surface area (Å²) in [6, 6.07) is 15.9. The number of rotatable bonds is 3. The molecule has 0 saturated carbocycles. The normalized spacial score (nSPS) is 15.5. The lowest BCUT2D eigenvalue weighted by Gasteiger charge is -2.24. The number of amides is 1. The van der Waals surface area contributed by atoms with Crippen LogP contribution in [0.5, 0.6) is 0 Å². The van der Waals surface area contributed by atoms with Crippen molar-refractivity contribution in [2.45, 2.75) is 19.3 Å². The number of benzene rings is 2. The van der Waals surface area contributed by atoms with Gasteiger partial charge in [-0.15, -0.1) is 5.10 Å². The van der Waals surface area contributed by atoms with Crippen LogP contribution in [-0.2, 0) is 4.79 Å². The van der Waals surface area contributed by atoms with Crippen molar-refractivity contribution in [3.8, 4) is 17.2 Å². The first-order valence-electron chi connectivity index (χ1n) is 9.50. The Balaban J connectivity index is 1.61. The van der Waals surface area contributed by atoms with Gasteiger partial charge in [0.25, 0.3) is 5.95 Å². The van der Waals surface area contributed by atoms with E-state index in [1.807, 2.05) is 37.3 Å². The van der Waals surface area contributed by atoms with Crippen LogP contribution in [0.15, 0.2) is 60.8 Å². The molecule has 2 aromatic carbocycles. The number of nitrogens with zero attached hydrogens (tertiary/aromatic N) is 5. The summed E-state index contributed by atoms with van der Waals surface area (Å²) in [7, 11) is 0. The summed E-state index contributed by atoms with van der Waals surface area (Å²) in [6.07, 6.45) is 1.85. The number of carbonyl (C=O) groups excluding carboxylic acids is 1. The van der Waals surface area contributed by atoms with Crippen LogP contribution in [0.3, 0.4) is 0 Å². The third-order valence-corrected chi connectivity index (χ3v) is 5.18. The Bertz CT molecular complexity index is 1240. The summed E-state index contributed by atoms with van der Waals surface area (Å²) in [5.74, 6) is 0.260. The molecule has 0 bridgehead atoms. The quantitative estimate of drug-likeness (QED) is 0.567. The molecule has 1 unspecified atom stereocenters. The van der Waals surface area contributed by atoms with Crippen LogP contribution in [0, 0.1) is 12.7 Å². The van der Waals surface area contributed by atoms with Crippen LogP contribution in [0.4, 0.5) is 10.2 Å². The van der Waals surface area contributed by atoms with Crippen LogP contribution < -0.4 is 5.32 Å². The molecule has 1 aliphatic heterocycles. The van der Waals surface area contributed by atoms with E-state index in [0.29, 0.717) is 23.5 Å². The van der Waals surface area contributed by atoms with E-state index in [1.165, 1.54) is 23.0 Å². The lowest BCUT2D eigenvalue weighted by molar-refractivity contribution is -0.116. The number of anilines is 1. The standard InChI is InChI=1S/C22H17FN6O/c1-13-20-17(14-5-3-2-4-6-14)11-19(30)26-21(20)29(28-13)22-25-18(12-24-27-22)15-7-9-16(23)10-8-15/h2-10,12,17H,11H2,1H3,(H,26,30). The number of aromatic nitrogens is 5. The second-order valence-corrected chi connectivity index (χ2v) is 7.12. The van der Waals surface area contributed by atoms with Crippen molar-refractivity contribution < 1.29 is 9.18 Å². The molecule has 4 aromatic rings. The van der Waals surface area contributed by atoms with E-state index in [0.717, 1.165) is 16.8 Å². The summed E-state index contributed by atoms with van der Waals surface area (Å²) in [5.41, 5.74) is 4.02. The highest BCUT2D eigenvalue weighted by atomic mass is 19.1. The van der Waals surface area contributed by atoms with Gasteiger partial charge in [-0.25, -0.2) is 9.37 Å². The Kier molecular flexibility index (Phi) is 4.31. The first-order valence-corrected chi connectivity index (χ1v) is 9.50. The number of nitrogens with one attached hydrogen (secondary N) is 1. The summed E-state index contributed by atoms with van der Waals surface area (Å²) >= 11 is 0. The van der Waals surface area contributed by atoms with E-state index in [1.54, 1.807) is 12.1 Å². The zero-order chi connectivity index (χ0) is 20.7. The molecule has 148 valence electrons. The molecule has 1 aliphatic rings. The number of hydrogen-bond acceptors (Lipinski definition) is 5. The number of fused-ring (bicyclic) bond motifs is 1. The Morgan fingerprint density at radius 2 is 1.87 bits per heavy atom. The lowest BCUT2D eigenvalue weighted by Crippen LogP contribution is -2.25. The average molecular weight is 400 g/mol. The van der Waals surface area contributed by atoms with Crippen molar-refractivity contribution in [3.05, 3.63) is 83.4 Å². The minimum Gasteiger partial charge on any atom is -0.310 e. The molecule has 1 N–H and O–H groups in total. The van der Waals surface area contributed by atoms with Crippen molar-refractivity contribution in [1.29, 1.82) is 0 Å². The zero-order valence-electron chi connectivity index (χ0n) is 16.1. The number of halogens is 1. The summed E-state index contributed by atoms with van der Waals surface area (Å²) < 4.78 is 14.8. The minimum atomic E-state index is -0.326. The van der Waals surface area contributed by atoms with Gasteiger partial charge >= 0.3 is 0 Å². The van der Waals surface area contributed by atoms with Crippen LogP contribution in [0.1, 0.15) is 29.2 Å². The van der Waals surface area contributed by atoms with E-state index in [-0.39, 0.29) is 23.6 Å². The van der Waals surface area contributed by atoms with Gasteiger partial charge in [-0.3, -0.25) is 4.79 Å². The highest BCUT2D eigenvalue weighted by molar-refractivity contribution is 5.95. The van der Waals surface area contributed by atoms with E-state index < -0.39 is 0 Å². The van der Waals surface area contributed by atoms with E-state index in [9.17, 15) is 9.18 Å². The molecule has 0 saturated heterocycles. The monoisotopic (exact) mass is 400 g/mol. The zero-order valence-corrected chi connectivity index (χ0v) is 16.1. The number of aryl methyl sites for hydroxylation is 1. The molecule has 30 heavy (non-hydrogen) atoms. The van der Waals surface area contributed by atoms with Gasteiger partial charge in [0.15, 0.2) is 0 Å². The summed E-state index contributed by atoms with van der Waals surface area (Å²) in [5, 5.41) is 15.7. The molecule has 1 amide bonds. The van der Waals surface area contributed by atoms with Gasteiger partial charge in [0.05, 0.1) is 17.6 Å². The van der Waals surface area contributed by atoms with Gasteiger partial charge in [-0.1, -0.05) is 30.3 Å². The third-order valence-electron chi connectivity index (χ3n) is 5.18. The van der Waals surface area contributed by atoms with E-state index in [2.05, 4.69) is 25.6 Å². The molecule has 0 radical (unpaired) electrons. The van der Waals surface area contributed by atoms with E-state index >= 15 is 0 Å². The first-order chi connectivity index (χ1) is 14.6. The molecule has 0 fully saturated rings. The smallest absolute Gasteiger partial charge is 0.272 e. The fraction of sp³-hybridized carbons (Fsp3) is 0.136. The van der Waals surface area contributed by atoms with Crippen molar-refractivity contribution in [2.24, 2.45) is 0 Å². The molecular weight excluding hydrogens is 383 g/mol. The van der Waals surface area contributed by atoms with Crippen molar-refractivity contribution >= 4 is 11.7 Å². The summed E-state index contributed by atoms with van der Waals surface area (Å²) in [6.45, 7) is 1.90. The highest BCUT2D eigenvalue weighted by Gasteiger charge is 2.33. The molecular formula is C22H17FN6O. The number of carbonyl (C=O) groups is 1. The predicted molar refractivity (Wildman–Crippen MR) is 109 cm³/mol. The van der Waals surface area contributed by atoms with Crippen LogP contribution in [0.2, 0.25) is 0 Å². The van der Waals surface area contributed by atoms with Gasteiger partial charge in [-0.2, -0.15) is 14.9 Å². The maximum absolute atomic E-state index is 13.2. The molecule has 7 nitrogen and oxygen atoms in total. The molecule has 0 aliphatic carbocycles. The third kappa shape index (κ3) is 3.12. The molecule has 2 aromatic heterocycles. The number of hydrogen-bond donors (Lipinski definition) is 1. The second kappa shape index (κ2) is 7.14. The molecule has 8 heteroatoms. The summed E-state index contributed by atoms with van der Waals surface area (Å²) in [4.78, 5) is 17.0. The molecule has 3 heterocycles. The van der Waals surface area contributed by atoms with Gasteiger partial charge in [0, 0.05) is 23.5 Å². The fourth-order valence-electron chi connectivity index (χ4n) is 3.81. The molecule has 1 atom stereocenters. The topological polar surface area (TPSA) is 85.6 Å². The Hall–Kier alpha value is -3.94. The fourth-order valence-corrected chi connectivity index (χ4v) is 3.81. The van der Waals surface area contributed by atoms with Crippen LogP contribution in [0.25, 0.3) is 17.2 Å². The Morgan fingerprint density at radius 1 is 1.10 bits per heavy atom. The van der Waals surface area contributed by atoms with Crippen LogP contribution >= 0.6 is 0 Å². The maximum atomic E-state index is 13.2. The molecule has 5 rings (SSSR count). The SMILES string of the molecule is Cc1nn(-c2nncc(-c3ccc(F)cc3)n2)c2c1C(c1ccccc1)CC(=O)N2. The van der Waals surface area contributed by atoms with E-state index in [4.69, 9.17) is 0 Å². The largest absolute Gasteiger partial charge is 0.310 e. The Morgan fingerprint density at radius 3 is 2.63 bits per heavy atom. The highest BCUT2D eigenvalue weighted by Crippen LogP contribution is 2.39. The first kappa shape index (κ1) is 18.1. The average Bonchev–Trinajstić information content (AvgIpc) is 3.10. The van der Waals surface area contributed by atoms with Crippen molar-refractivity contribution in [2.75, 3.05) is 5.32 Å². The van der Waals surface area contributed by atoms with Gasteiger partial charge in [0.2, 0.25) is 5.91 Å². The molecule has 0 spiro atoms.